The first-order valence-corrected chi connectivity index (χ1v) is 6.52. The van der Waals surface area contributed by atoms with Gasteiger partial charge in [0.1, 0.15) is 0 Å². The fourth-order valence-electron chi connectivity index (χ4n) is 1.58. The molecule has 0 atom stereocenters. The molecule has 0 aromatic heterocycles. The van der Waals surface area contributed by atoms with Crippen LogP contribution in [0.4, 0.5) is 0 Å². The van der Waals surface area contributed by atoms with Gasteiger partial charge in [0, 0.05) is 4.90 Å². The molecule has 1 aromatic carbocycles. The molecule has 1 aromatic rings. The normalized spacial score (nSPS) is 12.9. The average Bonchev–Trinajstić information content (AvgIpc) is 2.14. The van der Waals surface area contributed by atoms with E-state index in [1.807, 2.05) is 24.5 Å². The molecule has 2 nitrogen and oxygen atoms in total. The molecule has 0 amide bonds. The van der Waals surface area contributed by atoms with E-state index >= 15 is 0 Å². The molecule has 0 saturated heterocycles. The topological polar surface area (TPSA) is 40.5 Å². The minimum Gasteiger partial charge on any atom is -0.386 e. The van der Waals surface area contributed by atoms with Crippen molar-refractivity contribution in [1.29, 1.82) is 0 Å². The smallest absolute Gasteiger partial charge is 0.0851 e. The van der Waals surface area contributed by atoms with Crippen molar-refractivity contribution in [2.45, 2.75) is 43.8 Å². The lowest BCUT2D eigenvalue weighted by Crippen LogP contribution is -2.19. The highest BCUT2D eigenvalue weighted by Gasteiger charge is 2.23. The lowest BCUT2D eigenvalue weighted by Gasteiger charge is -2.24. The Labute approximate surface area is 102 Å². The molecule has 3 heteroatoms. The summed E-state index contributed by atoms with van der Waals surface area (Å²) in [6, 6.07) is 5.70. The van der Waals surface area contributed by atoms with Crippen molar-refractivity contribution >= 4 is 11.8 Å². The van der Waals surface area contributed by atoms with E-state index in [9.17, 15) is 10.2 Å². The largest absolute Gasteiger partial charge is 0.386 e. The highest BCUT2D eigenvalue weighted by atomic mass is 32.2. The van der Waals surface area contributed by atoms with Crippen LogP contribution in [-0.2, 0) is 11.2 Å². The van der Waals surface area contributed by atoms with Gasteiger partial charge < -0.3 is 10.2 Å². The third-order valence-corrected chi connectivity index (χ3v) is 3.34. The van der Waals surface area contributed by atoms with Crippen molar-refractivity contribution < 1.29 is 10.2 Å². The molecule has 0 saturated carbocycles. The molecule has 0 spiro atoms. The Hall–Kier alpha value is -0.510. The maximum Gasteiger partial charge on any atom is 0.0851 e. The summed E-state index contributed by atoms with van der Waals surface area (Å²) in [6.45, 7) is 7.06. The van der Waals surface area contributed by atoms with Crippen LogP contribution in [0.3, 0.4) is 0 Å². The van der Waals surface area contributed by atoms with Gasteiger partial charge in [-0.25, -0.2) is 0 Å². The Morgan fingerprint density at radius 2 is 1.56 bits per heavy atom. The standard InChI is InChI=1S/C13H20O2S/c1-12(2,14)9-6-7-10(13(3,4)15)11(8-9)16-5/h6-8,14-15H,1-5H3. The minimum absolute atomic E-state index is 0.845. The number of aliphatic hydroxyl groups is 2. The molecule has 0 aliphatic carbocycles. The third kappa shape index (κ3) is 3.00. The summed E-state index contributed by atoms with van der Waals surface area (Å²) < 4.78 is 0. The summed E-state index contributed by atoms with van der Waals surface area (Å²) in [5.74, 6) is 0. The van der Waals surface area contributed by atoms with Crippen LogP contribution in [0.15, 0.2) is 23.1 Å². The molecule has 1 rings (SSSR count). The maximum absolute atomic E-state index is 10.0. The highest BCUT2D eigenvalue weighted by molar-refractivity contribution is 7.98. The second-order valence-corrected chi connectivity index (χ2v) is 5.88. The van der Waals surface area contributed by atoms with Gasteiger partial charge in [-0.1, -0.05) is 12.1 Å². The van der Waals surface area contributed by atoms with E-state index in [1.54, 1.807) is 39.5 Å². The Morgan fingerprint density at radius 1 is 1.00 bits per heavy atom. The van der Waals surface area contributed by atoms with Crippen LogP contribution in [0.2, 0.25) is 0 Å². The lowest BCUT2D eigenvalue weighted by molar-refractivity contribution is 0.0719. The number of rotatable bonds is 3. The molecular formula is C13H20O2S. The number of benzene rings is 1. The van der Waals surface area contributed by atoms with Crippen LogP contribution in [-0.4, -0.2) is 16.5 Å². The van der Waals surface area contributed by atoms with E-state index in [-0.39, 0.29) is 0 Å². The monoisotopic (exact) mass is 240 g/mol. The van der Waals surface area contributed by atoms with Crippen LogP contribution in [0.25, 0.3) is 0 Å². The van der Waals surface area contributed by atoms with Gasteiger partial charge in [-0.05, 0) is 51.1 Å². The molecule has 0 aliphatic rings. The molecule has 0 aliphatic heterocycles. The molecule has 0 heterocycles. The van der Waals surface area contributed by atoms with Crippen LogP contribution < -0.4 is 0 Å². The van der Waals surface area contributed by atoms with E-state index < -0.39 is 11.2 Å². The zero-order chi connectivity index (χ0) is 12.6. The molecule has 90 valence electrons. The molecule has 16 heavy (non-hydrogen) atoms. The number of thioether (sulfide) groups is 1. The van der Waals surface area contributed by atoms with Crippen molar-refractivity contribution in [2.75, 3.05) is 6.26 Å². The predicted octanol–water partition coefficient (Wildman–Crippen LogP) is 2.86. The summed E-state index contributed by atoms with van der Waals surface area (Å²) in [5.41, 5.74) is 0.0665. The summed E-state index contributed by atoms with van der Waals surface area (Å²) in [5, 5.41) is 19.9. The fraction of sp³-hybridized carbons (Fsp3) is 0.538. The molecule has 0 unspecified atom stereocenters. The second-order valence-electron chi connectivity index (χ2n) is 5.03. The van der Waals surface area contributed by atoms with E-state index in [2.05, 4.69) is 0 Å². The summed E-state index contributed by atoms with van der Waals surface area (Å²) in [6.07, 6.45) is 1.97. The van der Waals surface area contributed by atoms with Crippen LogP contribution in [0, 0.1) is 0 Å². The van der Waals surface area contributed by atoms with E-state index in [0.717, 1.165) is 16.0 Å². The summed E-state index contributed by atoms with van der Waals surface area (Å²) in [7, 11) is 0. The van der Waals surface area contributed by atoms with Crippen molar-refractivity contribution in [3.63, 3.8) is 0 Å². The molecule has 0 radical (unpaired) electrons. The predicted molar refractivity (Wildman–Crippen MR) is 68.7 cm³/mol. The first kappa shape index (κ1) is 13.6. The highest BCUT2D eigenvalue weighted by Crippen LogP contribution is 2.33. The van der Waals surface area contributed by atoms with E-state index in [4.69, 9.17) is 0 Å². The molecular weight excluding hydrogens is 220 g/mol. The Kier molecular flexibility index (Phi) is 3.72. The van der Waals surface area contributed by atoms with Gasteiger partial charge in [-0.3, -0.25) is 0 Å². The average molecular weight is 240 g/mol. The SMILES string of the molecule is CSc1cc(C(C)(C)O)ccc1C(C)(C)O. The van der Waals surface area contributed by atoms with Crippen molar-refractivity contribution in [3.05, 3.63) is 29.3 Å². The van der Waals surface area contributed by atoms with Gasteiger partial charge in [0.05, 0.1) is 11.2 Å². The number of hydrogen-bond acceptors (Lipinski definition) is 3. The van der Waals surface area contributed by atoms with Crippen molar-refractivity contribution in [3.8, 4) is 0 Å². The van der Waals surface area contributed by atoms with Gasteiger partial charge in [0.25, 0.3) is 0 Å². The van der Waals surface area contributed by atoms with Gasteiger partial charge in [-0.2, -0.15) is 0 Å². The molecule has 0 bridgehead atoms. The minimum atomic E-state index is -0.851. The van der Waals surface area contributed by atoms with Crippen LogP contribution >= 0.6 is 11.8 Å². The van der Waals surface area contributed by atoms with Gasteiger partial charge in [0.15, 0.2) is 0 Å². The summed E-state index contributed by atoms with van der Waals surface area (Å²) in [4.78, 5) is 1.01. The zero-order valence-electron chi connectivity index (χ0n) is 10.5. The Balaban J connectivity index is 3.28. The Bertz CT molecular complexity index is 372. The second kappa shape index (κ2) is 4.40. The van der Waals surface area contributed by atoms with Gasteiger partial charge >= 0.3 is 0 Å². The van der Waals surface area contributed by atoms with E-state index in [1.165, 1.54) is 0 Å². The fourth-order valence-corrected chi connectivity index (χ4v) is 2.36. The quantitative estimate of drug-likeness (QED) is 0.798. The summed E-state index contributed by atoms with van der Waals surface area (Å²) >= 11 is 1.58. The maximum atomic E-state index is 10.0. The molecule has 0 fully saturated rings. The lowest BCUT2D eigenvalue weighted by atomic mass is 9.92. The van der Waals surface area contributed by atoms with E-state index in [0.29, 0.717) is 0 Å². The molecule has 2 N–H and O–H groups in total. The first-order chi connectivity index (χ1) is 7.16. The number of hydrogen-bond donors (Lipinski definition) is 2. The zero-order valence-corrected chi connectivity index (χ0v) is 11.4. The third-order valence-electron chi connectivity index (χ3n) is 2.57. The van der Waals surface area contributed by atoms with Crippen LogP contribution in [0.1, 0.15) is 38.8 Å². The van der Waals surface area contributed by atoms with Gasteiger partial charge in [-0.15, -0.1) is 11.8 Å². The van der Waals surface area contributed by atoms with Crippen molar-refractivity contribution in [2.24, 2.45) is 0 Å². The van der Waals surface area contributed by atoms with Crippen molar-refractivity contribution in [1.82, 2.24) is 0 Å². The first-order valence-electron chi connectivity index (χ1n) is 5.30. The Morgan fingerprint density at radius 3 is 1.94 bits per heavy atom. The van der Waals surface area contributed by atoms with Crippen LogP contribution in [0.5, 0.6) is 0 Å². The van der Waals surface area contributed by atoms with Gasteiger partial charge in [0.2, 0.25) is 0 Å².